The van der Waals surface area contributed by atoms with E-state index in [1.165, 1.54) is 5.56 Å². The summed E-state index contributed by atoms with van der Waals surface area (Å²) in [6, 6.07) is 12.2. The largest absolute Gasteiger partial charge is 0.493 e. The zero-order chi connectivity index (χ0) is 19.6. The van der Waals surface area contributed by atoms with E-state index in [1.54, 1.807) is 7.11 Å². The van der Waals surface area contributed by atoms with Crippen molar-refractivity contribution in [2.24, 2.45) is 0 Å². The number of aryl methyl sites for hydroxylation is 1. The van der Waals surface area contributed by atoms with Crippen LogP contribution in [0.3, 0.4) is 0 Å². The first-order valence-corrected chi connectivity index (χ1v) is 9.93. The third-order valence-corrected chi connectivity index (χ3v) is 4.86. The minimum Gasteiger partial charge on any atom is -0.493 e. The summed E-state index contributed by atoms with van der Waals surface area (Å²) in [5.41, 5.74) is 3.40. The molecular formula is C22H31ClN2O2. The molecule has 0 aliphatic heterocycles. The molecular weight excluding hydrogens is 360 g/mol. The van der Waals surface area contributed by atoms with Crippen LogP contribution in [0.2, 0.25) is 5.02 Å². The highest BCUT2D eigenvalue weighted by Gasteiger charge is 2.12. The van der Waals surface area contributed by atoms with E-state index < -0.39 is 0 Å². The molecule has 2 aromatic carbocycles. The van der Waals surface area contributed by atoms with Crippen LogP contribution in [-0.2, 0) is 13.2 Å². The molecule has 2 aromatic rings. The van der Waals surface area contributed by atoms with E-state index in [2.05, 4.69) is 43.1 Å². The van der Waals surface area contributed by atoms with Gasteiger partial charge in [0.2, 0.25) is 0 Å². The van der Waals surface area contributed by atoms with Crippen LogP contribution in [0.15, 0.2) is 36.4 Å². The maximum absolute atomic E-state index is 6.48. The van der Waals surface area contributed by atoms with Gasteiger partial charge in [0.1, 0.15) is 6.61 Å². The maximum atomic E-state index is 6.48. The van der Waals surface area contributed by atoms with Gasteiger partial charge in [0.25, 0.3) is 0 Å². The summed E-state index contributed by atoms with van der Waals surface area (Å²) in [5, 5.41) is 4.04. The Labute approximate surface area is 168 Å². The lowest BCUT2D eigenvalue weighted by atomic mass is 10.1. The van der Waals surface area contributed by atoms with E-state index in [9.17, 15) is 0 Å². The summed E-state index contributed by atoms with van der Waals surface area (Å²) in [7, 11) is 1.64. The number of halogens is 1. The molecule has 1 N–H and O–H groups in total. The van der Waals surface area contributed by atoms with Gasteiger partial charge in [0, 0.05) is 19.6 Å². The topological polar surface area (TPSA) is 33.7 Å². The zero-order valence-corrected chi connectivity index (χ0v) is 17.6. The number of nitrogens with one attached hydrogen (secondary N) is 1. The number of benzene rings is 2. The summed E-state index contributed by atoms with van der Waals surface area (Å²) >= 11 is 6.48. The predicted molar refractivity (Wildman–Crippen MR) is 113 cm³/mol. The molecule has 0 aromatic heterocycles. The van der Waals surface area contributed by atoms with Gasteiger partial charge in [-0.1, -0.05) is 55.3 Å². The number of ether oxygens (including phenoxy) is 2. The Kier molecular flexibility index (Phi) is 8.92. The molecule has 0 heterocycles. The average Bonchev–Trinajstić information content (AvgIpc) is 2.67. The van der Waals surface area contributed by atoms with Crippen LogP contribution in [0.4, 0.5) is 0 Å². The van der Waals surface area contributed by atoms with Gasteiger partial charge < -0.3 is 19.7 Å². The van der Waals surface area contributed by atoms with Crippen LogP contribution in [0.5, 0.6) is 11.5 Å². The lowest BCUT2D eigenvalue weighted by Crippen LogP contribution is -2.31. The van der Waals surface area contributed by atoms with E-state index in [4.69, 9.17) is 21.1 Å². The predicted octanol–water partition coefficient (Wildman–Crippen LogP) is 4.67. The lowest BCUT2D eigenvalue weighted by Gasteiger charge is -2.18. The molecule has 4 nitrogen and oxygen atoms in total. The second-order valence-corrected chi connectivity index (χ2v) is 7.00. The Hall–Kier alpha value is -1.75. The molecule has 0 aliphatic carbocycles. The number of methoxy groups -OCH3 is 1. The normalized spacial score (nSPS) is 11.0. The SMILES string of the molecule is CCN(CC)CCNCc1cc(Cl)c(OCc2cccc(C)c2)c(OC)c1. The maximum Gasteiger partial charge on any atom is 0.180 e. The van der Waals surface area contributed by atoms with Gasteiger partial charge in [0.05, 0.1) is 12.1 Å². The summed E-state index contributed by atoms with van der Waals surface area (Å²) < 4.78 is 11.5. The highest BCUT2D eigenvalue weighted by molar-refractivity contribution is 6.32. The summed E-state index contributed by atoms with van der Waals surface area (Å²) in [6.07, 6.45) is 0. The molecule has 27 heavy (non-hydrogen) atoms. The molecule has 0 bridgehead atoms. The number of likely N-dealkylation sites (N-methyl/N-ethyl adjacent to an activating group) is 1. The van der Waals surface area contributed by atoms with Gasteiger partial charge in [-0.3, -0.25) is 0 Å². The molecule has 0 saturated carbocycles. The Morgan fingerprint density at radius 3 is 2.52 bits per heavy atom. The zero-order valence-electron chi connectivity index (χ0n) is 16.8. The van der Waals surface area contributed by atoms with Crippen molar-refractivity contribution in [1.29, 1.82) is 0 Å². The molecule has 0 atom stereocenters. The minimum atomic E-state index is 0.458. The van der Waals surface area contributed by atoms with Gasteiger partial charge in [-0.15, -0.1) is 0 Å². The van der Waals surface area contributed by atoms with Crippen molar-refractivity contribution in [3.05, 3.63) is 58.1 Å². The monoisotopic (exact) mass is 390 g/mol. The highest BCUT2D eigenvalue weighted by Crippen LogP contribution is 2.37. The van der Waals surface area contributed by atoms with Crippen LogP contribution < -0.4 is 14.8 Å². The molecule has 2 rings (SSSR count). The fourth-order valence-electron chi connectivity index (χ4n) is 2.98. The Balaban J connectivity index is 1.97. The molecule has 0 amide bonds. The molecule has 0 fully saturated rings. The fourth-order valence-corrected chi connectivity index (χ4v) is 3.27. The molecule has 0 spiro atoms. The van der Waals surface area contributed by atoms with Crippen LogP contribution >= 0.6 is 11.6 Å². The van der Waals surface area contributed by atoms with Crippen LogP contribution in [0.1, 0.15) is 30.5 Å². The van der Waals surface area contributed by atoms with Crippen molar-refractivity contribution in [3.63, 3.8) is 0 Å². The molecule has 0 aliphatic rings. The third kappa shape index (κ3) is 6.73. The third-order valence-electron chi connectivity index (χ3n) is 4.58. The summed E-state index contributed by atoms with van der Waals surface area (Å²) in [5.74, 6) is 1.25. The van der Waals surface area contributed by atoms with E-state index in [0.29, 0.717) is 23.1 Å². The van der Waals surface area contributed by atoms with Crippen LogP contribution in [0, 0.1) is 6.92 Å². The molecule has 0 unspecified atom stereocenters. The van der Waals surface area contributed by atoms with Crippen molar-refractivity contribution in [1.82, 2.24) is 10.2 Å². The van der Waals surface area contributed by atoms with E-state index in [-0.39, 0.29) is 0 Å². The quantitative estimate of drug-likeness (QED) is 0.565. The van der Waals surface area contributed by atoms with Gasteiger partial charge in [-0.25, -0.2) is 0 Å². The minimum absolute atomic E-state index is 0.458. The van der Waals surface area contributed by atoms with Crippen LogP contribution in [0.25, 0.3) is 0 Å². The molecule has 148 valence electrons. The van der Waals surface area contributed by atoms with Crippen molar-refractivity contribution in [2.45, 2.75) is 33.9 Å². The molecule has 0 radical (unpaired) electrons. The van der Waals surface area contributed by atoms with E-state index in [1.807, 2.05) is 24.3 Å². The van der Waals surface area contributed by atoms with Gasteiger partial charge >= 0.3 is 0 Å². The standard InChI is InChI=1S/C22H31ClN2O2/c1-5-25(6-2)11-10-24-15-19-13-20(23)22(21(14-19)26-4)27-16-18-9-7-8-17(3)12-18/h7-9,12-14,24H,5-6,10-11,15-16H2,1-4H3. The second-order valence-electron chi connectivity index (χ2n) is 6.59. The first-order chi connectivity index (χ1) is 13.1. The summed E-state index contributed by atoms with van der Waals surface area (Å²) in [6.45, 7) is 11.8. The van der Waals surface area contributed by atoms with Crippen LogP contribution in [-0.4, -0.2) is 38.2 Å². The van der Waals surface area contributed by atoms with Gasteiger partial charge in [0.15, 0.2) is 11.5 Å². The fraction of sp³-hybridized carbons (Fsp3) is 0.455. The van der Waals surface area contributed by atoms with Crippen molar-refractivity contribution in [3.8, 4) is 11.5 Å². The van der Waals surface area contributed by atoms with Crippen molar-refractivity contribution < 1.29 is 9.47 Å². The first kappa shape index (κ1) is 21.5. The number of hydrogen-bond acceptors (Lipinski definition) is 4. The lowest BCUT2D eigenvalue weighted by molar-refractivity contribution is 0.284. The van der Waals surface area contributed by atoms with E-state index in [0.717, 1.165) is 43.9 Å². The smallest absolute Gasteiger partial charge is 0.180 e. The number of hydrogen-bond donors (Lipinski definition) is 1. The Morgan fingerprint density at radius 2 is 1.85 bits per heavy atom. The second kappa shape index (κ2) is 11.2. The van der Waals surface area contributed by atoms with Crippen molar-refractivity contribution >= 4 is 11.6 Å². The number of rotatable bonds is 11. The number of nitrogens with zero attached hydrogens (tertiary/aromatic N) is 1. The highest BCUT2D eigenvalue weighted by atomic mass is 35.5. The average molecular weight is 391 g/mol. The molecule has 5 heteroatoms. The first-order valence-electron chi connectivity index (χ1n) is 9.55. The van der Waals surface area contributed by atoms with Gasteiger partial charge in [-0.05, 0) is 43.3 Å². The summed E-state index contributed by atoms with van der Waals surface area (Å²) in [4.78, 5) is 2.39. The Bertz CT molecular complexity index is 717. The van der Waals surface area contributed by atoms with Gasteiger partial charge in [-0.2, -0.15) is 0 Å². The van der Waals surface area contributed by atoms with Crippen molar-refractivity contribution in [2.75, 3.05) is 33.3 Å². The Morgan fingerprint density at radius 1 is 1.07 bits per heavy atom. The van der Waals surface area contributed by atoms with E-state index >= 15 is 0 Å². The molecule has 0 saturated heterocycles.